The molecule has 0 amide bonds. The summed E-state index contributed by atoms with van der Waals surface area (Å²) in [6, 6.07) is 2.45. The Morgan fingerprint density at radius 2 is 2.18 bits per heavy atom. The molecule has 5 nitrogen and oxygen atoms in total. The fraction of sp³-hybridized carbons (Fsp3) is 0.500. The highest BCUT2D eigenvalue weighted by Gasteiger charge is 2.39. The number of carbonyl (C=O) groups excluding carboxylic acids is 1. The summed E-state index contributed by atoms with van der Waals surface area (Å²) in [5.41, 5.74) is 0. The molecule has 1 aliphatic rings. The first-order valence-corrected chi connectivity index (χ1v) is 8.83. The average molecular weight is 350 g/mol. The zero-order valence-electron chi connectivity index (χ0n) is 12.1. The first-order chi connectivity index (χ1) is 10.4. The molecule has 1 saturated heterocycles. The van der Waals surface area contributed by atoms with Gasteiger partial charge in [-0.2, -0.15) is 4.31 Å². The molecule has 0 N–H and O–H groups in total. The van der Waals surface area contributed by atoms with Crippen molar-refractivity contribution in [3.05, 3.63) is 29.0 Å². The van der Waals surface area contributed by atoms with Crippen molar-refractivity contribution in [2.24, 2.45) is 0 Å². The molecule has 2 rings (SSSR count). The number of halogens is 2. The minimum absolute atomic E-state index is 0.108. The Hall–Kier alpha value is -1.18. The molecule has 0 bridgehead atoms. The molecule has 1 aliphatic heterocycles. The van der Waals surface area contributed by atoms with E-state index in [1.165, 1.54) is 6.07 Å². The minimum Gasteiger partial charge on any atom is -0.465 e. The molecule has 1 unspecified atom stereocenters. The van der Waals surface area contributed by atoms with Crippen molar-refractivity contribution in [1.82, 2.24) is 4.31 Å². The van der Waals surface area contributed by atoms with E-state index >= 15 is 0 Å². The summed E-state index contributed by atoms with van der Waals surface area (Å²) in [5.74, 6) is -1.53. The topological polar surface area (TPSA) is 63.7 Å². The molecular formula is C14H17ClFNO4S. The fourth-order valence-electron chi connectivity index (χ4n) is 2.48. The molecule has 0 radical (unpaired) electrons. The summed E-state index contributed by atoms with van der Waals surface area (Å²) in [4.78, 5) is 11.5. The van der Waals surface area contributed by atoms with Gasteiger partial charge < -0.3 is 4.74 Å². The van der Waals surface area contributed by atoms with Crippen LogP contribution in [0, 0.1) is 5.82 Å². The molecule has 8 heteroatoms. The van der Waals surface area contributed by atoms with Crippen molar-refractivity contribution in [3.8, 4) is 0 Å². The highest BCUT2D eigenvalue weighted by Crippen LogP contribution is 2.28. The van der Waals surface area contributed by atoms with Crippen LogP contribution in [-0.4, -0.2) is 37.9 Å². The Labute approximate surface area is 134 Å². The van der Waals surface area contributed by atoms with Gasteiger partial charge in [0.15, 0.2) is 0 Å². The van der Waals surface area contributed by atoms with E-state index < -0.39 is 32.7 Å². The van der Waals surface area contributed by atoms with Crippen LogP contribution in [0.4, 0.5) is 4.39 Å². The standard InChI is InChI=1S/C14H17ClFNO4S/c1-2-21-14(18)12-5-3-4-8-17(12)22(19,20)13-7-6-10(15)9-11(13)16/h6-7,9,12H,2-5,8H2,1H3. The predicted molar refractivity (Wildman–Crippen MR) is 79.6 cm³/mol. The highest BCUT2D eigenvalue weighted by atomic mass is 35.5. The smallest absolute Gasteiger partial charge is 0.324 e. The lowest BCUT2D eigenvalue weighted by atomic mass is 10.1. The van der Waals surface area contributed by atoms with Crippen LogP contribution in [-0.2, 0) is 19.6 Å². The molecule has 122 valence electrons. The van der Waals surface area contributed by atoms with E-state index in [1.54, 1.807) is 6.92 Å². The predicted octanol–water partition coefficient (Wildman–Crippen LogP) is 2.59. The first kappa shape index (κ1) is 17.2. The zero-order valence-corrected chi connectivity index (χ0v) is 13.7. The quantitative estimate of drug-likeness (QED) is 0.784. The van der Waals surface area contributed by atoms with E-state index in [2.05, 4.69) is 0 Å². The molecular weight excluding hydrogens is 333 g/mol. The molecule has 1 aromatic carbocycles. The van der Waals surface area contributed by atoms with Crippen molar-refractivity contribution >= 4 is 27.6 Å². The monoisotopic (exact) mass is 349 g/mol. The molecule has 0 saturated carbocycles. The number of rotatable bonds is 4. The number of benzene rings is 1. The SMILES string of the molecule is CCOC(=O)C1CCCCN1S(=O)(=O)c1ccc(Cl)cc1F. The summed E-state index contributed by atoms with van der Waals surface area (Å²) < 4.78 is 45.3. The fourth-order valence-corrected chi connectivity index (χ4v) is 4.33. The number of carbonyl (C=O) groups is 1. The van der Waals surface area contributed by atoms with Gasteiger partial charge in [-0.3, -0.25) is 4.79 Å². The van der Waals surface area contributed by atoms with E-state index in [0.29, 0.717) is 12.8 Å². The van der Waals surface area contributed by atoms with Crippen LogP contribution in [0.25, 0.3) is 0 Å². The molecule has 1 aromatic rings. The Kier molecular flexibility index (Phi) is 5.41. The van der Waals surface area contributed by atoms with E-state index in [1.807, 2.05) is 0 Å². The average Bonchev–Trinajstić information content (AvgIpc) is 2.47. The molecule has 1 fully saturated rings. The Morgan fingerprint density at radius 3 is 2.82 bits per heavy atom. The maximum absolute atomic E-state index is 14.0. The van der Waals surface area contributed by atoms with Gasteiger partial charge in [-0.25, -0.2) is 12.8 Å². The van der Waals surface area contributed by atoms with Gasteiger partial charge in [0.1, 0.15) is 16.8 Å². The maximum Gasteiger partial charge on any atom is 0.324 e. The lowest BCUT2D eigenvalue weighted by Crippen LogP contribution is -2.48. The van der Waals surface area contributed by atoms with E-state index in [9.17, 15) is 17.6 Å². The van der Waals surface area contributed by atoms with Gasteiger partial charge in [-0.15, -0.1) is 0 Å². The number of piperidine rings is 1. The molecule has 22 heavy (non-hydrogen) atoms. The van der Waals surface area contributed by atoms with Crippen molar-refractivity contribution in [1.29, 1.82) is 0 Å². The van der Waals surface area contributed by atoms with Gasteiger partial charge in [0.05, 0.1) is 6.61 Å². The summed E-state index contributed by atoms with van der Waals surface area (Å²) in [5, 5.41) is 0.108. The van der Waals surface area contributed by atoms with E-state index in [0.717, 1.165) is 22.9 Å². The van der Waals surface area contributed by atoms with E-state index in [-0.39, 0.29) is 18.2 Å². The van der Waals surface area contributed by atoms with Crippen LogP contribution < -0.4 is 0 Å². The highest BCUT2D eigenvalue weighted by molar-refractivity contribution is 7.89. The van der Waals surface area contributed by atoms with Crippen molar-refractivity contribution in [3.63, 3.8) is 0 Å². The lowest BCUT2D eigenvalue weighted by Gasteiger charge is -2.33. The second kappa shape index (κ2) is 6.93. The lowest BCUT2D eigenvalue weighted by molar-refractivity contribution is -0.148. The Bertz CT molecular complexity index is 665. The number of nitrogens with zero attached hydrogens (tertiary/aromatic N) is 1. The van der Waals surface area contributed by atoms with Crippen molar-refractivity contribution in [2.75, 3.05) is 13.2 Å². The second-order valence-electron chi connectivity index (χ2n) is 4.95. The normalized spacial score (nSPS) is 19.9. The third kappa shape index (κ3) is 3.42. The van der Waals surface area contributed by atoms with Gasteiger partial charge in [-0.05, 0) is 44.4 Å². The summed E-state index contributed by atoms with van der Waals surface area (Å²) in [6.07, 6.45) is 1.70. The number of hydrogen-bond donors (Lipinski definition) is 0. The molecule has 0 aliphatic carbocycles. The van der Waals surface area contributed by atoms with Crippen LogP contribution in [0.15, 0.2) is 23.1 Å². The van der Waals surface area contributed by atoms with Crippen molar-refractivity contribution < 1.29 is 22.3 Å². The Balaban J connectivity index is 2.38. The minimum atomic E-state index is -4.12. The third-order valence-electron chi connectivity index (χ3n) is 3.49. The first-order valence-electron chi connectivity index (χ1n) is 7.01. The molecule has 1 atom stereocenters. The van der Waals surface area contributed by atoms with Gasteiger partial charge in [0.2, 0.25) is 10.0 Å². The van der Waals surface area contributed by atoms with Crippen LogP contribution in [0.2, 0.25) is 5.02 Å². The summed E-state index contributed by atoms with van der Waals surface area (Å²) in [7, 11) is -4.12. The van der Waals surface area contributed by atoms with Gasteiger partial charge in [-0.1, -0.05) is 11.6 Å². The van der Waals surface area contributed by atoms with E-state index in [4.69, 9.17) is 16.3 Å². The Morgan fingerprint density at radius 1 is 1.45 bits per heavy atom. The van der Waals surface area contributed by atoms with Gasteiger partial charge >= 0.3 is 5.97 Å². The zero-order chi connectivity index (χ0) is 16.3. The van der Waals surface area contributed by atoms with Crippen LogP contribution >= 0.6 is 11.6 Å². The third-order valence-corrected chi connectivity index (χ3v) is 5.67. The molecule has 0 spiro atoms. The number of ether oxygens (including phenoxy) is 1. The van der Waals surface area contributed by atoms with Gasteiger partial charge in [0.25, 0.3) is 0 Å². The maximum atomic E-state index is 14.0. The second-order valence-corrected chi connectivity index (χ2v) is 7.25. The van der Waals surface area contributed by atoms with Crippen LogP contribution in [0.1, 0.15) is 26.2 Å². The van der Waals surface area contributed by atoms with Crippen LogP contribution in [0.3, 0.4) is 0 Å². The van der Waals surface area contributed by atoms with Gasteiger partial charge in [0, 0.05) is 11.6 Å². The van der Waals surface area contributed by atoms with Crippen LogP contribution in [0.5, 0.6) is 0 Å². The molecule has 0 aromatic heterocycles. The van der Waals surface area contributed by atoms with Crippen molar-refractivity contribution in [2.45, 2.75) is 37.1 Å². The number of hydrogen-bond acceptors (Lipinski definition) is 4. The summed E-state index contributed by atoms with van der Waals surface area (Å²) in [6.45, 7) is 1.98. The summed E-state index contributed by atoms with van der Waals surface area (Å²) >= 11 is 5.65. The number of esters is 1. The largest absolute Gasteiger partial charge is 0.465 e. The molecule has 1 heterocycles. The number of sulfonamides is 1.